The zero-order valence-electron chi connectivity index (χ0n) is 14.2. The number of benzene rings is 2. The highest BCUT2D eigenvalue weighted by Crippen LogP contribution is 2.14. The summed E-state index contributed by atoms with van der Waals surface area (Å²) in [5.41, 5.74) is 1.16. The Balaban J connectivity index is 1.66. The molecule has 0 aliphatic carbocycles. The van der Waals surface area contributed by atoms with E-state index in [0.717, 1.165) is 5.56 Å². The number of fused-ring (bicyclic) bond motifs is 1. The van der Waals surface area contributed by atoms with Gasteiger partial charge in [0, 0.05) is 17.2 Å². The Kier molecular flexibility index (Phi) is 4.72. The van der Waals surface area contributed by atoms with Gasteiger partial charge in [-0.25, -0.2) is 0 Å². The molecule has 0 spiro atoms. The van der Waals surface area contributed by atoms with Crippen LogP contribution in [-0.4, -0.2) is 19.5 Å². The number of aromatic nitrogens is 3. The van der Waals surface area contributed by atoms with Crippen LogP contribution in [0, 0.1) is 10.1 Å². The second-order valence-corrected chi connectivity index (χ2v) is 7.26. The molecule has 0 aliphatic rings. The second kappa shape index (κ2) is 7.34. The van der Waals surface area contributed by atoms with Gasteiger partial charge in [0.15, 0.2) is 5.82 Å². The molecule has 138 valence electrons. The van der Waals surface area contributed by atoms with E-state index in [-0.39, 0.29) is 11.2 Å². The van der Waals surface area contributed by atoms with Gasteiger partial charge < -0.3 is 0 Å². The van der Waals surface area contributed by atoms with Crippen molar-refractivity contribution in [1.29, 1.82) is 0 Å². The van der Waals surface area contributed by atoms with Crippen LogP contribution in [0.15, 0.2) is 53.3 Å². The lowest BCUT2D eigenvalue weighted by atomic mass is 10.2. The maximum absolute atomic E-state index is 12.5. The lowest BCUT2D eigenvalue weighted by molar-refractivity contribution is -0.384. The highest BCUT2D eigenvalue weighted by molar-refractivity contribution is 7.15. The molecule has 0 N–H and O–H groups in total. The average Bonchev–Trinajstić information content (AvgIpc) is 3.21. The van der Waals surface area contributed by atoms with Crippen molar-refractivity contribution < 1.29 is 4.92 Å². The lowest BCUT2D eigenvalue weighted by Crippen LogP contribution is -2.23. The van der Waals surface area contributed by atoms with Crippen molar-refractivity contribution in [3.63, 3.8) is 0 Å². The minimum Gasteiger partial charge on any atom is -0.266 e. The second-order valence-electron chi connectivity index (χ2n) is 5.82. The van der Waals surface area contributed by atoms with Gasteiger partial charge in [0.25, 0.3) is 11.2 Å². The predicted octanol–water partition coefficient (Wildman–Crippen LogP) is 3.43. The summed E-state index contributed by atoms with van der Waals surface area (Å²) in [6.45, 7) is 0. The molecule has 0 amide bonds. The van der Waals surface area contributed by atoms with Gasteiger partial charge in [-0.15, -0.1) is 5.10 Å². The van der Waals surface area contributed by atoms with Crippen LogP contribution in [0.3, 0.4) is 0 Å². The number of hydrogen-bond acceptors (Lipinski definition) is 6. The first kappa shape index (κ1) is 18.0. The van der Waals surface area contributed by atoms with Crippen molar-refractivity contribution in [3.05, 3.63) is 95.5 Å². The van der Waals surface area contributed by atoms with Gasteiger partial charge in [-0.2, -0.15) is 9.50 Å². The number of halogens is 1. The summed E-state index contributed by atoms with van der Waals surface area (Å²) >= 11 is 7.04. The normalized spacial score (nSPS) is 12.2. The molecular weight excluding hydrogens is 400 g/mol. The Morgan fingerprint density at radius 1 is 1.11 bits per heavy atom. The SMILES string of the molecule is O=c1/c(=C\c2cccc([N+](=O)[O-])c2)sc2nc(/C=C/c3ccc(Cl)cc3)nn12. The van der Waals surface area contributed by atoms with Crippen LogP contribution in [0.1, 0.15) is 17.0 Å². The van der Waals surface area contributed by atoms with E-state index in [1.807, 2.05) is 18.2 Å². The number of non-ortho nitro benzene ring substituents is 1. The van der Waals surface area contributed by atoms with Crippen molar-refractivity contribution in [2.45, 2.75) is 0 Å². The lowest BCUT2D eigenvalue weighted by Gasteiger charge is -1.92. The smallest absolute Gasteiger partial charge is 0.266 e. The topological polar surface area (TPSA) is 90.4 Å². The van der Waals surface area contributed by atoms with E-state index in [1.165, 1.54) is 28.0 Å². The molecule has 0 fully saturated rings. The molecule has 0 aliphatic heterocycles. The zero-order chi connectivity index (χ0) is 19.7. The van der Waals surface area contributed by atoms with Gasteiger partial charge >= 0.3 is 0 Å². The van der Waals surface area contributed by atoms with Crippen LogP contribution < -0.4 is 10.1 Å². The summed E-state index contributed by atoms with van der Waals surface area (Å²) in [5.74, 6) is 0.417. The van der Waals surface area contributed by atoms with Crippen LogP contribution in [0.5, 0.6) is 0 Å². The Bertz CT molecular complexity index is 1330. The summed E-state index contributed by atoms with van der Waals surface area (Å²) < 4.78 is 1.64. The highest BCUT2D eigenvalue weighted by Gasteiger charge is 2.10. The molecule has 2 aromatic carbocycles. The van der Waals surface area contributed by atoms with Crippen LogP contribution in [0.2, 0.25) is 5.02 Å². The molecule has 2 aromatic heterocycles. The van der Waals surface area contributed by atoms with Gasteiger partial charge in [0.05, 0.1) is 9.46 Å². The highest BCUT2D eigenvalue weighted by atomic mass is 35.5. The summed E-state index contributed by atoms with van der Waals surface area (Å²) in [4.78, 5) is 27.8. The van der Waals surface area contributed by atoms with E-state index < -0.39 is 4.92 Å². The zero-order valence-corrected chi connectivity index (χ0v) is 15.7. The third-order valence-corrected chi connectivity index (χ3v) is 5.08. The van der Waals surface area contributed by atoms with Crippen molar-refractivity contribution in [2.75, 3.05) is 0 Å². The van der Waals surface area contributed by atoms with E-state index in [4.69, 9.17) is 11.6 Å². The molecule has 0 saturated carbocycles. The molecular formula is C19H11ClN4O3S. The summed E-state index contributed by atoms with van der Waals surface area (Å²) in [7, 11) is 0. The summed E-state index contributed by atoms with van der Waals surface area (Å²) in [6.07, 6.45) is 5.14. The van der Waals surface area contributed by atoms with Crippen LogP contribution in [0.4, 0.5) is 5.69 Å². The van der Waals surface area contributed by atoms with E-state index in [2.05, 4.69) is 10.1 Å². The molecule has 4 rings (SSSR count). The number of nitro benzene ring substituents is 1. The Morgan fingerprint density at radius 2 is 1.89 bits per heavy atom. The fourth-order valence-corrected chi connectivity index (χ4v) is 3.58. The van der Waals surface area contributed by atoms with E-state index in [1.54, 1.807) is 36.4 Å². The molecule has 0 bridgehead atoms. The fraction of sp³-hybridized carbons (Fsp3) is 0. The van der Waals surface area contributed by atoms with Gasteiger partial charge in [0.2, 0.25) is 4.96 Å². The molecule has 28 heavy (non-hydrogen) atoms. The Morgan fingerprint density at radius 3 is 2.61 bits per heavy atom. The average molecular weight is 411 g/mol. The third-order valence-electron chi connectivity index (χ3n) is 3.87. The predicted molar refractivity (Wildman–Crippen MR) is 109 cm³/mol. The van der Waals surface area contributed by atoms with Crippen molar-refractivity contribution >= 4 is 51.8 Å². The third kappa shape index (κ3) is 3.68. The number of nitrogens with zero attached hydrogens (tertiary/aromatic N) is 4. The number of rotatable bonds is 4. The maximum Gasteiger partial charge on any atom is 0.291 e. The van der Waals surface area contributed by atoms with Gasteiger partial charge in [-0.3, -0.25) is 14.9 Å². The quantitative estimate of drug-likeness (QED) is 0.379. The van der Waals surface area contributed by atoms with Gasteiger partial charge in [-0.05, 0) is 35.4 Å². The molecule has 0 saturated heterocycles. The fourth-order valence-electron chi connectivity index (χ4n) is 2.54. The first-order chi connectivity index (χ1) is 13.5. The molecule has 9 heteroatoms. The minimum atomic E-state index is -0.475. The van der Waals surface area contributed by atoms with E-state index >= 15 is 0 Å². The molecule has 0 radical (unpaired) electrons. The number of thiazole rings is 1. The number of nitro groups is 1. The van der Waals surface area contributed by atoms with Crippen LogP contribution in [0.25, 0.3) is 23.2 Å². The van der Waals surface area contributed by atoms with Crippen molar-refractivity contribution in [2.24, 2.45) is 0 Å². The summed E-state index contributed by atoms with van der Waals surface area (Å²) in [6, 6.07) is 13.4. The van der Waals surface area contributed by atoms with Crippen LogP contribution >= 0.6 is 22.9 Å². The largest absolute Gasteiger partial charge is 0.291 e. The van der Waals surface area contributed by atoms with Crippen molar-refractivity contribution in [3.8, 4) is 0 Å². The van der Waals surface area contributed by atoms with Gasteiger partial charge in [-0.1, -0.05) is 53.3 Å². The summed E-state index contributed by atoms with van der Waals surface area (Å²) in [5, 5.41) is 15.8. The minimum absolute atomic E-state index is 0.0321. The monoisotopic (exact) mass is 410 g/mol. The standard InChI is InChI=1S/C19H11ClN4O3S/c20-14-7-4-12(5-8-14)6-9-17-21-19-23(22-17)18(25)16(28-19)11-13-2-1-3-15(10-13)24(26)27/h1-11H/b9-6+,16-11+. The molecule has 0 unspecified atom stereocenters. The van der Waals surface area contributed by atoms with Crippen molar-refractivity contribution in [1.82, 2.24) is 14.6 Å². The Hall–Kier alpha value is -3.36. The first-order valence-electron chi connectivity index (χ1n) is 8.09. The maximum atomic E-state index is 12.5. The van der Waals surface area contributed by atoms with Gasteiger partial charge in [0.1, 0.15) is 0 Å². The van der Waals surface area contributed by atoms with E-state index in [0.29, 0.717) is 25.9 Å². The molecule has 0 atom stereocenters. The molecule has 7 nitrogen and oxygen atoms in total. The molecule has 2 heterocycles. The Labute approximate surface area is 167 Å². The van der Waals surface area contributed by atoms with E-state index in [9.17, 15) is 14.9 Å². The molecule has 4 aromatic rings. The van der Waals surface area contributed by atoms with Crippen LogP contribution in [-0.2, 0) is 0 Å². The number of hydrogen-bond donors (Lipinski definition) is 0. The first-order valence-corrected chi connectivity index (χ1v) is 9.28.